The Labute approximate surface area is 117 Å². The molecule has 0 bridgehead atoms. The van der Waals surface area contributed by atoms with Crippen molar-refractivity contribution >= 4 is 0 Å². The molecule has 0 spiro atoms. The minimum atomic E-state index is 0.0904. The fourth-order valence-corrected chi connectivity index (χ4v) is 2.09. The minimum Gasteiger partial charge on any atom is -0.494 e. The van der Waals surface area contributed by atoms with Crippen LogP contribution in [-0.2, 0) is 6.61 Å². The summed E-state index contributed by atoms with van der Waals surface area (Å²) in [7, 11) is 0. The summed E-state index contributed by atoms with van der Waals surface area (Å²) in [4.78, 5) is 0. The highest BCUT2D eigenvalue weighted by atomic mass is 16.5. The molecule has 0 fully saturated rings. The number of hydrogen-bond donors (Lipinski definition) is 1. The van der Waals surface area contributed by atoms with Gasteiger partial charge in [-0.2, -0.15) is 0 Å². The van der Waals surface area contributed by atoms with Crippen molar-refractivity contribution in [2.45, 2.75) is 53.1 Å². The summed E-state index contributed by atoms with van der Waals surface area (Å²) in [6, 6.07) is 7.66. The van der Waals surface area contributed by atoms with E-state index in [1.807, 2.05) is 24.3 Å². The van der Waals surface area contributed by atoms with Gasteiger partial charge in [0.2, 0.25) is 0 Å². The lowest BCUT2D eigenvalue weighted by molar-refractivity contribution is 0.273. The van der Waals surface area contributed by atoms with Crippen molar-refractivity contribution in [2.24, 2.45) is 11.8 Å². The Morgan fingerprint density at radius 1 is 1.00 bits per heavy atom. The standard InChI is InChI=1S/C17H28O2/c1-14(2)5-4-6-15(3)11-12-19-17-9-7-16(13-18)8-10-17/h7-10,14-15,18H,4-6,11-13H2,1-3H3/t15-/m0/s1. The summed E-state index contributed by atoms with van der Waals surface area (Å²) in [5.41, 5.74) is 0.925. The third kappa shape index (κ3) is 7.22. The van der Waals surface area contributed by atoms with Crippen LogP contribution in [0.4, 0.5) is 0 Å². The van der Waals surface area contributed by atoms with Crippen molar-refractivity contribution in [1.29, 1.82) is 0 Å². The average Bonchev–Trinajstić information content (AvgIpc) is 2.39. The van der Waals surface area contributed by atoms with Crippen molar-refractivity contribution in [3.05, 3.63) is 29.8 Å². The summed E-state index contributed by atoms with van der Waals surface area (Å²) in [5, 5.41) is 8.96. The van der Waals surface area contributed by atoms with E-state index in [2.05, 4.69) is 20.8 Å². The van der Waals surface area contributed by atoms with Crippen LogP contribution >= 0.6 is 0 Å². The maximum absolute atomic E-state index is 8.96. The van der Waals surface area contributed by atoms with Gasteiger partial charge in [0.15, 0.2) is 0 Å². The number of aliphatic hydroxyl groups excluding tert-OH is 1. The summed E-state index contributed by atoms with van der Waals surface area (Å²) >= 11 is 0. The fourth-order valence-electron chi connectivity index (χ4n) is 2.09. The van der Waals surface area contributed by atoms with E-state index in [9.17, 15) is 0 Å². The molecule has 2 heteroatoms. The van der Waals surface area contributed by atoms with Gasteiger partial charge in [-0.1, -0.05) is 52.2 Å². The van der Waals surface area contributed by atoms with Gasteiger partial charge in [-0.25, -0.2) is 0 Å². The Bertz CT molecular complexity index is 330. The molecular formula is C17H28O2. The van der Waals surface area contributed by atoms with E-state index >= 15 is 0 Å². The lowest BCUT2D eigenvalue weighted by Crippen LogP contribution is -2.04. The van der Waals surface area contributed by atoms with Crippen molar-refractivity contribution in [3.63, 3.8) is 0 Å². The molecular weight excluding hydrogens is 236 g/mol. The number of aliphatic hydroxyl groups is 1. The molecule has 19 heavy (non-hydrogen) atoms. The molecule has 0 aliphatic rings. The van der Waals surface area contributed by atoms with E-state index in [1.165, 1.54) is 19.3 Å². The Morgan fingerprint density at radius 3 is 2.26 bits per heavy atom. The highest BCUT2D eigenvalue weighted by Gasteiger charge is 2.04. The number of rotatable bonds is 9. The van der Waals surface area contributed by atoms with Crippen LogP contribution < -0.4 is 4.74 Å². The largest absolute Gasteiger partial charge is 0.494 e. The molecule has 0 radical (unpaired) electrons. The van der Waals surface area contributed by atoms with Crippen molar-refractivity contribution < 1.29 is 9.84 Å². The molecule has 0 saturated carbocycles. The Hall–Kier alpha value is -1.02. The van der Waals surface area contributed by atoms with E-state index in [4.69, 9.17) is 9.84 Å². The minimum absolute atomic E-state index is 0.0904. The van der Waals surface area contributed by atoms with Gasteiger partial charge in [-0.15, -0.1) is 0 Å². The molecule has 2 nitrogen and oxygen atoms in total. The van der Waals surface area contributed by atoms with E-state index < -0.39 is 0 Å². The molecule has 1 rings (SSSR count). The Kier molecular flexibility index (Phi) is 7.57. The molecule has 0 amide bonds. The van der Waals surface area contributed by atoms with Crippen LogP contribution in [0.15, 0.2) is 24.3 Å². The zero-order chi connectivity index (χ0) is 14.1. The normalized spacial score (nSPS) is 12.7. The van der Waals surface area contributed by atoms with Crippen LogP contribution in [0.1, 0.15) is 52.0 Å². The van der Waals surface area contributed by atoms with Gasteiger partial charge in [0, 0.05) is 0 Å². The lowest BCUT2D eigenvalue weighted by atomic mass is 9.98. The van der Waals surface area contributed by atoms with Crippen LogP contribution in [0.5, 0.6) is 5.75 Å². The number of benzene rings is 1. The van der Waals surface area contributed by atoms with Gasteiger partial charge in [-0.3, -0.25) is 0 Å². The molecule has 108 valence electrons. The smallest absolute Gasteiger partial charge is 0.119 e. The first-order valence-electron chi connectivity index (χ1n) is 7.44. The molecule has 0 heterocycles. The quantitative estimate of drug-likeness (QED) is 0.716. The van der Waals surface area contributed by atoms with Gasteiger partial charge >= 0.3 is 0 Å². The molecule has 1 aromatic rings. The summed E-state index contributed by atoms with van der Waals surface area (Å²) < 4.78 is 5.72. The van der Waals surface area contributed by atoms with Crippen molar-refractivity contribution in [3.8, 4) is 5.75 Å². The summed E-state index contributed by atoms with van der Waals surface area (Å²) in [6.07, 6.45) is 5.06. The van der Waals surface area contributed by atoms with Gasteiger partial charge in [0.25, 0.3) is 0 Å². The third-order valence-electron chi connectivity index (χ3n) is 3.46. The van der Waals surface area contributed by atoms with E-state index in [-0.39, 0.29) is 6.61 Å². The molecule has 1 aromatic carbocycles. The second kappa shape index (κ2) is 8.98. The first-order chi connectivity index (χ1) is 9.11. The maximum Gasteiger partial charge on any atom is 0.119 e. The van der Waals surface area contributed by atoms with Crippen LogP contribution in [-0.4, -0.2) is 11.7 Å². The predicted molar refractivity (Wildman–Crippen MR) is 80.3 cm³/mol. The second-order valence-corrected chi connectivity index (χ2v) is 5.87. The van der Waals surface area contributed by atoms with Gasteiger partial charge in [-0.05, 0) is 36.0 Å². The molecule has 0 aromatic heterocycles. The first-order valence-corrected chi connectivity index (χ1v) is 7.44. The predicted octanol–water partition coefficient (Wildman–Crippen LogP) is 4.41. The molecule has 0 unspecified atom stereocenters. The number of ether oxygens (including phenoxy) is 1. The number of hydrogen-bond acceptors (Lipinski definition) is 2. The van der Waals surface area contributed by atoms with Gasteiger partial charge in [0.05, 0.1) is 13.2 Å². The topological polar surface area (TPSA) is 29.5 Å². The SMILES string of the molecule is CC(C)CCC[C@H](C)CCOc1ccc(CO)cc1. The molecule has 0 aliphatic heterocycles. The Balaban J connectivity index is 2.14. The van der Waals surface area contributed by atoms with Crippen LogP contribution in [0.3, 0.4) is 0 Å². The van der Waals surface area contributed by atoms with Crippen LogP contribution in [0.2, 0.25) is 0 Å². The fraction of sp³-hybridized carbons (Fsp3) is 0.647. The molecule has 1 N–H and O–H groups in total. The van der Waals surface area contributed by atoms with Crippen molar-refractivity contribution in [2.75, 3.05) is 6.61 Å². The average molecular weight is 264 g/mol. The Morgan fingerprint density at radius 2 is 1.68 bits per heavy atom. The monoisotopic (exact) mass is 264 g/mol. The highest BCUT2D eigenvalue weighted by Crippen LogP contribution is 2.17. The van der Waals surface area contributed by atoms with E-state index in [0.717, 1.165) is 36.2 Å². The van der Waals surface area contributed by atoms with E-state index in [0.29, 0.717) is 0 Å². The highest BCUT2D eigenvalue weighted by molar-refractivity contribution is 5.26. The van der Waals surface area contributed by atoms with Crippen LogP contribution in [0, 0.1) is 11.8 Å². The lowest BCUT2D eigenvalue weighted by Gasteiger charge is -2.13. The van der Waals surface area contributed by atoms with Crippen molar-refractivity contribution in [1.82, 2.24) is 0 Å². The first kappa shape index (κ1) is 16.0. The maximum atomic E-state index is 8.96. The molecule has 0 saturated heterocycles. The third-order valence-corrected chi connectivity index (χ3v) is 3.46. The molecule has 0 aliphatic carbocycles. The van der Waals surface area contributed by atoms with Gasteiger partial charge in [0.1, 0.15) is 5.75 Å². The summed E-state index contributed by atoms with van der Waals surface area (Å²) in [6.45, 7) is 7.74. The zero-order valence-corrected chi connectivity index (χ0v) is 12.6. The second-order valence-electron chi connectivity index (χ2n) is 5.87. The van der Waals surface area contributed by atoms with E-state index in [1.54, 1.807) is 0 Å². The van der Waals surface area contributed by atoms with Crippen LogP contribution in [0.25, 0.3) is 0 Å². The molecule has 1 atom stereocenters. The van der Waals surface area contributed by atoms with Gasteiger partial charge < -0.3 is 9.84 Å². The zero-order valence-electron chi connectivity index (χ0n) is 12.6. The summed E-state index contributed by atoms with van der Waals surface area (Å²) in [5.74, 6) is 2.44.